The third-order valence-corrected chi connectivity index (χ3v) is 9.91. The third-order valence-electron chi connectivity index (χ3n) is 8.35. The van der Waals surface area contributed by atoms with Crippen LogP contribution in [-0.2, 0) is 50.8 Å². The van der Waals surface area contributed by atoms with Crippen LogP contribution in [0.3, 0.4) is 0 Å². The molecule has 16 nitrogen and oxygen atoms in total. The van der Waals surface area contributed by atoms with Crippen molar-refractivity contribution in [1.82, 2.24) is 14.6 Å². The fourth-order valence-electron chi connectivity index (χ4n) is 5.76. The van der Waals surface area contributed by atoms with E-state index < -0.39 is 74.3 Å². The second-order valence-corrected chi connectivity index (χ2v) is 14.9. The van der Waals surface area contributed by atoms with Gasteiger partial charge in [-0.05, 0) is 43.2 Å². The van der Waals surface area contributed by atoms with Gasteiger partial charge in [0.25, 0.3) is 0 Å². The van der Waals surface area contributed by atoms with Gasteiger partial charge in [-0.1, -0.05) is 78.9 Å². The molecule has 2 saturated heterocycles. The van der Waals surface area contributed by atoms with Crippen LogP contribution < -0.4 is 20.6 Å². The Morgan fingerprint density at radius 2 is 1.52 bits per heavy atom. The summed E-state index contributed by atoms with van der Waals surface area (Å²) in [6.07, 6.45) is -8.41. The lowest BCUT2D eigenvalue weighted by atomic mass is 10.0. The van der Waals surface area contributed by atoms with E-state index in [0.717, 1.165) is 12.3 Å². The zero-order valence-corrected chi connectivity index (χ0v) is 30.8. The Kier molecular flexibility index (Phi) is 12.1. The molecule has 4 aromatic rings. The molecule has 2 N–H and O–H groups in total. The van der Waals surface area contributed by atoms with Gasteiger partial charge in [-0.2, -0.15) is 18.9 Å². The maximum Gasteiger partial charge on any atom is 0.509 e. The van der Waals surface area contributed by atoms with Crippen LogP contribution >= 0.6 is 7.75 Å². The zero-order chi connectivity index (χ0) is 39.9. The van der Waals surface area contributed by atoms with E-state index in [2.05, 4.69) is 15.4 Å². The molecule has 6 rings (SSSR count). The Labute approximate surface area is 318 Å². The van der Waals surface area contributed by atoms with Gasteiger partial charge in [-0.15, -0.1) is 0 Å². The van der Waals surface area contributed by atoms with Crippen molar-refractivity contribution >= 4 is 31.8 Å². The Hall–Kier alpha value is -5.68. The number of cyclic esters (lactones) is 1. The number of ether oxygens (including phenoxy) is 5. The summed E-state index contributed by atoms with van der Waals surface area (Å²) in [5, 5.41) is 4.78. The molecule has 0 radical (unpaired) electrons. The van der Waals surface area contributed by atoms with Gasteiger partial charge in [-0.25, -0.2) is 18.9 Å². The smallest absolute Gasteiger partial charge is 0.458 e. The van der Waals surface area contributed by atoms with E-state index in [1.807, 2.05) is 0 Å². The highest BCUT2D eigenvalue weighted by Gasteiger charge is 2.63. The molecule has 56 heavy (non-hydrogen) atoms. The van der Waals surface area contributed by atoms with Crippen molar-refractivity contribution in [3.05, 3.63) is 125 Å². The first kappa shape index (κ1) is 40.0. The van der Waals surface area contributed by atoms with E-state index in [-0.39, 0.29) is 31.2 Å². The minimum atomic E-state index is -4.62. The van der Waals surface area contributed by atoms with Crippen molar-refractivity contribution in [2.75, 3.05) is 11.9 Å². The summed E-state index contributed by atoms with van der Waals surface area (Å²) >= 11 is 0. The number of hydrogen-bond donors (Lipinski definition) is 2. The maximum absolute atomic E-state index is 16.3. The molecule has 3 heterocycles. The number of carbonyl (C=O) groups is 3. The van der Waals surface area contributed by atoms with Crippen LogP contribution in [0, 0.1) is 0 Å². The minimum Gasteiger partial charge on any atom is -0.458 e. The molecule has 2 aliphatic rings. The lowest BCUT2D eigenvalue weighted by Gasteiger charge is -2.25. The van der Waals surface area contributed by atoms with Gasteiger partial charge >= 0.3 is 37.6 Å². The number of esters is 1. The summed E-state index contributed by atoms with van der Waals surface area (Å²) in [6.45, 7) is 1.88. The van der Waals surface area contributed by atoms with E-state index in [1.165, 1.54) is 12.1 Å². The van der Waals surface area contributed by atoms with Crippen LogP contribution in [0.15, 0.2) is 108 Å². The highest BCUT2D eigenvalue weighted by atomic mass is 31.2. The topological polar surface area (TPSA) is 192 Å². The number of hydrogen-bond acceptors (Lipinski definition) is 13. The Bertz CT molecular complexity index is 2110. The van der Waals surface area contributed by atoms with Crippen LogP contribution in [0.25, 0.3) is 0 Å². The highest BCUT2D eigenvalue weighted by molar-refractivity contribution is 7.52. The SMILES string of the molecule is CC1(C)CC(NP(=O)(OCC2O[C@@H](n3ccc(NC(=O)OCc4ccccc4)nc3=O)C(F)(F)[C@@H]2OC(=O)OCc2ccccc2)Oc2ccccc2)C(=O)O1. The normalized spacial score (nSPS) is 22.0. The van der Waals surface area contributed by atoms with Gasteiger partial charge < -0.3 is 28.2 Å². The molecule has 1 aromatic heterocycles. The van der Waals surface area contributed by atoms with Gasteiger partial charge in [0, 0.05) is 12.6 Å². The number of nitrogens with one attached hydrogen (secondary N) is 2. The number of amides is 1. The lowest BCUT2D eigenvalue weighted by molar-refractivity contribution is -0.147. The molecule has 0 bridgehead atoms. The van der Waals surface area contributed by atoms with Crippen molar-refractivity contribution in [3.63, 3.8) is 0 Å². The first-order valence-corrected chi connectivity index (χ1v) is 18.7. The zero-order valence-electron chi connectivity index (χ0n) is 29.9. The molecule has 0 aliphatic carbocycles. The fourth-order valence-corrected chi connectivity index (χ4v) is 7.26. The number of para-hydroxylation sites is 1. The van der Waals surface area contributed by atoms with Gasteiger partial charge in [0.2, 0.25) is 12.3 Å². The Morgan fingerprint density at radius 1 is 0.911 bits per heavy atom. The van der Waals surface area contributed by atoms with E-state index in [9.17, 15) is 23.7 Å². The predicted molar refractivity (Wildman–Crippen MR) is 191 cm³/mol. The quantitative estimate of drug-likeness (QED) is 0.0841. The minimum absolute atomic E-state index is 0.0390. The predicted octanol–water partition coefficient (Wildman–Crippen LogP) is 6.13. The van der Waals surface area contributed by atoms with Crippen LogP contribution in [-0.4, -0.2) is 64.1 Å². The van der Waals surface area contributed by atoms with E-state index in [1.54, 1.807) is 92.7 Å². The van der Waals surface area contributed by atoms with Gasteiger partial charge in [0.15, 0.2) is 0 Å². The fraction of sp³-hybridized carbons (Fsp3) is 0.324. The lowest BCUT2D eigenvalue weighted by Crippen LogP contribution is -2.45. The average molecular weight is 799 g/mol. The number of aromatic nitrogens is 2. The van der Waals surface area contributed by atoms with Crippen molar-refractivity contribution in [2.45, 2.75) is 69.5 Å². The third kappa shape index (κ3) is 10.1. The molecule has 19 heteroatoms. The van der Waals surface area contributed by atoms with E-state index in [0.29, 0.717) is 15.7 Å². The molecule has 2 aliphatic heterocycles. The number of alkyl halides is 2. The number of halogens is 2. The summed E-state index contributed by atoms with van der Waals surface area (Å²) in [6, 6.07) is 24.7. The largest absolute Gasteiger partial charge is 0.509 e. The molecule has 3 aromatic carbocycles. The van der Waals surface area contributed by atoms with Gasteiger partial charge in [0.05, 0.1) is 6.61 Å². The van der Waals surface area contributed by atoms with Crippen molar-refractivity contribution in [3.8, 4) is 5.75 Å². The number of nitrogens with zero attached hydrogens (tertiary/aromatic N) is 2. The van der Waals surface area contributed by atoms with Crippen LogP contribution in [0.1, 0.15) is 37.6 Å². The molecular weight excluding hydrogens is 761 g/mol. The van der Waals surface area contributed by atoms with Gasteiger partial charge in [0.1, 0.15) is 42.5 Å². The number of carbonyl (C=O) groups excluding carboxylic acids is 3. The second kappa shape index (κ2) is 17.0. The molecule has 1 amide bonds. The van der Waals surface area contributed by atoms with Crippen LogP contribution in [0.2, 0.25) is 0 Å². The molecule has 5 atom stereocenters. The number of rotatable bonds is 14. The first-order valence-electron chi connectivity index (χ1n) is 17.2. The second-order valence-electron chi connectivity index (χ2n) is 13.2. The van der Waals surface area contributed by atoms with E-state index >= 15 is 8.78 Å². The van der Waals surface area contributed by atoms with Gasteiger partial charge in [-0.3, -0.25) is 19.2 Å². The first-order chi connectivity index (χ1) is 26.7. The average Bonchev–Trinajstić information content (AvgIpc) is 3.57. The Balaban J connectivity index is 1.22. The number of anilines is 1. The summed E-state index contributed by atoms with van der Waals surface area (Å²) in [5.74, 6) is -5.21. The monoisotopic (exact) mass is 798 g/mol. The standard InChI is InChI=1S/C37H37F2N4O12P/c1-36(2)20-27(31(44)54-36)42-56(48,55-26-16-10-5-11-17-26)51-23-28-30(53-35(47)50-22-25-14-8-4-9-15-25)37(38,39)32(52-28)43-19-18-29(40-33(43)45)41-34(46)49-21-24-12-6-3-7-13-24/h3-19,27-28,30,32H,20-23H2,1-2H3,(H,42,48)(H,40,41,45,46)/t27?,28?,30-,32-,56?/m1/s1. The molecule has 0 saturated carbocycles. The van der Waals surface area contributed by atoms with E-state index in [4.69, 9.17) is 32.7 Å². The maximum atomic E-state index is 16.3. The van der Waals surface area contributed by atoms with Crippen molar-refractivity contribution in [2.24, 2.45) is 0 Å². The summed E-state index contributed by atoms with van der Waals surface area (Å²) < 4.78 is 84.8. The molecule has 0 spiro atoms. The summed E-state index contributed by atoms with van der Waals surface area (Å²) in [4.78, 5) is 54.6. The molecule has 2 fully saturated rings. The summed E-state index contributed by atoms with van der Waals surface area (Å²) in [7, 11) is -4.62. The number of benzene rings is 3. The van der Waals surface area contributed by atoms with Crippen LogP contribution in [0.4, 0.5) is 24.2 Å². The molecule has 296 valence electrons. The molecular formula is C37H37F2N4O12P. The summed E-state index contributed by atoms with van der Waals surface area (Å²) in [5.41, 5.74) is -0.991. The molecule has 3 unspecified atom stereocenters. The highest BCUT2D eigenvalue weighted by Crippen LogP contribution is 2.49. The van der Waals surface area contributed by atoms with Crippen LogP contribution in [0.5, 0.6) is 5.75 Å². The Morgan fingerprint density at radius 3 is 2.11 bits per heavy atom. The van der Waals surface area contributed by atoms with Crippen molar-refractivity contribution < 1.29 is 60.5 Å². The van der Waals surface area contributed by atoms with Crippen molar-refractivity contribution in [1.29, 1.82) is 0 Å².